The third-order valence-electron chi connectivity index (χ3n) is 3.29. The van der Waals surface area contributed by atoms with Crippen molar-refractivity contribution in [3.05, 3.63) is 18.0 Å². The average Bonchev–Trinajstić information content (AvgIpc) is 3.07. The van der Waals surface area contributed by atoms with Crippen molar-refractivity contribution in [3.63, 3.8) is 0 Å². The van der Waals surface area contributed by atoms with Crippen molar-refractivity contribution in [1.29, 1.82) is 0 Å². The van der Waals surface area contributed by atoms with Crippen LogP contribution < -0.4 is 11.1 Å². The summed E-state index contributed by atoms with van der Waals surface area (Å²) in [6.07, 6.45) is 6.36. The minimum atomic E-state index is 0.00218. The Morgan fingerprint density at radius 1 is 1.56 bits per heavy atom. The first-order valence-electron chi connectivity index (χ1n) is 6.83. The molecule has 100 valence electrons. The van der Waals surface area contributed by atoms with E-state index in [1.54, 1.807) is 6.07 Å². The summed E-state index contributed by atoms with van der Waals surface area (Å²) < 4.78 is 2.02. The summed E-state index contributed by atoms with van der Waals surface area (Å²) >= 11 is 0. The first kappa shape index (κ1) is 13.0. The third-order valence-corrected chi connectivity index (χ3v) is 3.29. The zero-order valence-corrected chi connectivity index (χ0v) is 11.3. The van der Waals surface area contributed by atoms with Crippen LogP contribution in [0.2, 0.25) is 0 Å². The van der Waals surface area contributed by atoms with Crippen molar-refractivity contribution in [2.24, 2.45) is 5.92 Å². The molecule has 0 bridgehead atoms. The van der Waals surface area contributed by atoms with Gasteiger partial charge in [-0.05, 0) is 37.7 Å². The number of carbonyl (C=O) groups is 1. The van der Waals surface area contributed by atoms with E-state index in [4.69, 9.17) is 5.73 Å². The van der Waals surface area contributed by atoms with Crippen molar-refractivity contribution in [2.45, 2.75) is 45.6 Å². The molecule has 0 atom stereocenters. The van der Waals surface area contributed by atoms with E-state index in [9.17, 15) is 4.79 Å². The highest BCUT2D eigenvalue weighted by molar-refractivity contribution is 5.93. The Labute approximate surface area is 109 Å². The molecule has 0 aromatic carbocycles. The van der Waals surface area contributed by atoms with Crippen LogP contribution in [0.4, 0.5) is 5.69 Å². The van der Waals surface area contributed by atoms with Gasteiger partial charge in [-0.3, -0.25) is 4.79 Å². The Hall–Kier alpha value is -1.45. The quantitative estimate of drug-likeness (QED) is 0.761. The average molecular weight is 249 g/mol. The van der Waals surface area contributed by atoms with Crippen molar-refractivity contribution in [2.75, 3.05) is 12.3 Å². The molecule has 1 aliphatic carbocycles. The molecular formula is C14H23N3O. The van der Waals surface area contributed by atoms with Crippen LogP contribution in [0.1, 0.15) is 56.1 Å². The van der Waals surface area contributed by atoms with Crippen molar-refractivity contribution in [3.8, 4) is 0 Å². The number of anilines is 1. The van der Waals surface area contributed by atoms with Crippen LogP contribution in [0.3, 0.4) is 0 Å². The lowest BCUT2D eigenvalue weighted by molar-refractivity contribution is 0.0943. The second-order valence-electron chi connectivity index (χ2n) is 5.59. The number of nitrogens with zero attached hydrogens (tertiary/aromatic N) is 1. The monoisotopic (exact) mass is 249 g/mol. The van der Waals surface area contributed by atoms with E-state index >= 15 is 0 Å². The van der Waals surface area contributed by atoms with Crippen molar-refractivity contribution in [1.82, 2.24) is 9.88 Å². The normalized spacial score (nSPS) is 15.1. The van der Waals surface area contributed by atoms with E-state index in [1.165, 1.54) is 0 Å². The van der Waals surface area contributed by atoms with E-state index in [2.05, 4.69) is 19.2 Å². The lowest BCUT2D eigenvalue weighted by Crippen LogP contribution is -2.26. The highest BCUT2D eigenvalue weighted by Gasteiger charge is 2.27. The molecule has 1 aromatic rings. The molecule has 1 heterocycles. The first-order chi connectivity index (χ1) is 8.58. The summed E-state index contributed by atoms with van der Waals surface area (Å²) in [5.74, 6) is 0.690. The standard InChI is InChI=1S/C14H23N3O/c1-10(2)4-3-7-16-14(18)13-8-11(15)9-17(13)12-5-6-12/h8-10,12H,3-7,15H2,1-2H3,(H,16,18). The van der Waals surface area contributed by atoms with Gasteiger partial charge in [-0.25, -0.2) is 0 Å². The van der Waals surface area contributed by atoms with E-state index < -0.39 is 0 Å². The molecule has 1 saturated carbocycles. The van der Waals surface area contributed by atoms with Gasteiger partial charge in [-0.15, -0.1) is 0 Å². The van der Waals surface area contributed by atoms with Gasteiger partial charge in [0.2, 0.25) is 0 Å². The zero-order valence-electron chi connectivity index (χ0n) is 11.3. The van der Waals surface area contributed by atoms with Crippen LogP contribution in [0.15, 0.2) is 12.3 Å². The molecule has 1 amide bonds. The molecule has 3 N–H and O–H groups in total. The summed E-state index contributed by atoms with van der Waals surface area (Å²) in [7, 11) is 0. The van der Waals surface area contributed by atoms with Gasteiger partial charge < -0.3 is 15.6 Å². The maximum absolute atomic E-state index is 12.1. The molecule has 1 aliphatic rings. The van der Waals surface area contributed by atoms with Crippen LogP contribution in [0.25, 0.3) is 0 Å². The van der Waals surface area contributed by atoms with Gasteiger partial charge in [0.1, 0.15) is 5.69 Å². The molecular weight excluding hydrogens is 226 g/mol. The summed E-state index contributed by atoms with van der Waals surface area (Å²) in [5.41, 5.74) is 7.16. The summed E-state index contributed by atoms with van der Waals surface area (Å²) in [5, 5.41) is 2.98. The Bertz CT molecular complexity index is 419. The first-order valence-corrected chi connectivity index (χ1v) is 6.83. The number of aromatic nitrogens is 1. The molecule has 0 spiro atoms. The number of nitrogens with two attached hydrogens (primary N) is 1. The maximum atomic E-state index is 12.1. The largest absolute Gasteiger partial charge is 0.397 e. The maximum Gasteiger partial charge on any atom is 0.267 e. The van der Waals surface area contributed by atoms with Gasteiger partial charge in [-0.2, -0.15) is 0 Å². The molecule has 18 heavy (non-hydrogen) atoms. The number of amides is 1. The lowest BCUT2D eigenvalue weighted by Gasteiger charge is -2.09. The lowest BCUT2D eigenvalue weighted by atomic mass is 10.1. The Balaban J connectivity index is 1.88. The minimum Gasteiger partial charge on any atom is -0.397 e. The fraction of sp³-hybridized carbons (Fsp3) is 0.643. The summed E-state index contributed by atoms with van der Waals surface area (Å²) in [6, 6.07) is 2.26. The smallest absolute Gasteiger partial charge is 0.267 e. The highest BCUT2D eigenvalue weighted by Crippen LogP contribution is 2.37. The van der Waals surface area contributed by atoms with E-state index in [-0.39, 0.29) is 5.91 Å². The fourth-order valence-corrected chi connectivity index (χ4v) is 2.14. The summed E-state index contributed by atoms with van der Waals surface area (Å²) in [4.78, 5) is 12.1. The molecule has 4 heteroatoms. The molecule has 0 saturated heterocycles. The Morgan fingerprint density at radius 2 is 2.28 bits per heavy atom. The van der Waals surface area contributed by atoms with Gasteiger partial charge in [0.25, 0.3) is 5.91 Å². The Morgan fingerprint density at radius 3 is 2.89 bits per heavy atom. The fourth-order valence-electron chi connectivity index (χ4n) is 2.14. The van der Waals surface area contributed by atoms with Crippen LogP contribution >= 0.6 is 0 Å². The van der Waals surface area contributed by atoms with Crippen LogP contribution in [0, 0.1) is 5.92 Å². The molecule has 0 aliphatic heterocycles. The number of nitrogens with one attached hydrogen (secondary N) is 1. The molecule has 0 radical (unpaired) electrons. The summed E-state index contributed by atoms with van der Waals surface area (Å²) in [6.45, 7) is 5.13. The predicted octanol–water partition coefficient (Wildman–Crippen LogP) is 2.57. The third kappa shape index (κ3) is 3.28. The second kappa shape index (κ2) is 5.46. The Kier molecular flexibility index (Phi) is 3.94. The number of hydrogen-bond donors (Lipinski definition) is 2. The predicted molar refractivity (Wildman–Crippen MR) is 73.5 cm³/mol. The minimum absolute atomic E-state index is 0.00218. The molecule has 0 unspecified atom stereocenters. The van der Waals surface area contributed by atoms with Gasteiger partial charge in [0, 0.05) is 18.8 Å². The van der Waals surface area contributed by atoms with Gasteiger partial charge in [0.05, 0.1) is 5.69 Å². The zero-order chi connectivity index (χ0) is 13.1. The van der Waals surface area contributed by atoms with E-state index in [1.807, 2.05) is 10.8 Å². The van der Waals surface area contributed by atoms with Crippen molar-refractivity contribution < 1.29 is 4.79 Å². The van der Waals surface area contributed by atoms with Crippen LogP contribution in [-0.4, -0.2) is 17.0 Å². The van der Waals surface area contributed by atoms with E-state index in [0.29, 0.717) is 23.3 Å². The molecule has 4 nitrogen and oxygen atoms in total. The van der Waals surface area contributed by atoms with Crippen molar-refractivity contribution >= 4 is 11.6 Å². The topological polar surface area (TPSA) is 60.1 Å². The second-order valence-corrected chi connectivity index (χ2v) is 5.59. The van der Waals surface area contributed by atoms with Gasteiger partial charge in [0.15, 0.2) is 0 Å². The molecule has 1 aromatic heterocycles. The van der Waals surface area contributed by atoms with Gasteiger partial charge in [-0.1, -0.05) is 13.8 Å². The molecule has 2 rings (SSSR count). The number of nitrogen functional groups attached to an aromatic ring is 1. The molecule has 1 fully saturated rings. The van der Waals surface area contributed by atoms with Gasteiger partial charge >= 0.3 is 0 Å². The number of carbonyl (C=O) groups excluding carboxylic acids is 1. The number of rotatable bonds is 6. The van der Waals surface area contributed by atoms with Crippen LogP contribution in [0.5, 0.6) is 0 Å². The van der Waals surface area contributed by atoms with E-state index in [0.717, 1.165) is 32.2 Å². The van der Waals surface area contributed by atoms with Crippen LogP contribution in [-0.2, 0) is 0 Å². The number of hydrogen-bond acceptors (Lipinski definition) is 2. The highest BCUT2D eigenvalue weighted by atomic mass is 16.1. The SMILES string of the molecule is CC(C)CCCNC(=O)c1cc(N)cn1C1CC1.